The maximum absolute atomic E-state index is 4.02. The first kappa shape index (κ1) is 19.4. The topological polar surface area (TPSA) is 12.9 Å². The molecule has 1 radical (unpaired) electrons. The second-order valence-electron chi connectivity index (χ2n) is 3.81. The minimum Gasteiger partial charge on any atom is -0.418 e. The fourth-order valence-electron chi connectivity index (χ4n) is 1.45. The van der Waals surface area contributed by atoms with Crippen LogP contribution in [0.1, 0.15) is 30.9 Å². The molecule has 0 bridgehead atoms. The van der Waals surface area contributed by atoms with E-state index in [0.29, 0.717) is 5.92 Å². The first-order valence-electron chi connectivity index (χ1n) is 4.79. The summed E-state index contributed by atoms with van der Waals surface area (Å²) in [5.74, 6) is 0.465. The number of hydrogen-bond donors (Lipinski definition) is 0. The maximum atomic E-state index is 4.02. The monoisotopic (exact) mass is 721 g/mol. The van der Waals surface area contributed by atoms with Gasteiger partial charge in [-0.1, -0.05) is 32.9 Å². The molecule has 2 rings (SSSR count). The molecule has 1 aromatic carbocycles. The summed E-state index contributed by atoms with van der Waals surface area (Å²) < 4.78 is 0. The van der Waals surface area contributed by atoms with E-state index < -0.39 is 0 Å². The number of benzene rings is 1. The fourth-order valence-corrected chi connectivity index (χ4v) is 1.45. The van der Waals surface area contributed by atoms with Crippen LogP contribution >= 0.6 is 0 Å². The molecule has 0 amide bonds. The van der Waals surface area contributed by atoms with Gasteiger partial charge in [0.1, 0.15) is 0 Å². The summed E-state index contributed by atoms with van der Waals surface area (Å²) >= 11 is 0. The molecule has 4 heteroatoms. The molecule has 17 heavy (non-hydrogen) atoms. The van der Waals surface area contributed by atoms with Gasteiger partial charge in [0.15, 0.2) is 0 Å². The number of hydrogen-bond acceptors (Lipinski definition) is 1. The molecule has 0 aliphatic heterocycles. The Kier molecular flexibility index (Phi) is 9.43. The van der Waals surface area contributed by atoms with Crippen molar-refractivity contribution in [3.8, 4) is 0 Å². The molecule has 1 nitrogen and oxygen atoms in total. The van der Waals surface area contributed by atoms with Crippen molar-refractivity contribution in [2.75, 3.05) is 0 Å². The predicted octanol–water partition coefficient (Wildman–Crippen LogP) is 0.0687. The number of pyridine rings is 1. The fraction of sp³-hybridized carbons (Fsp3) is 0.308. The number of rotatable bonds is 1. The molecule has 1 heterocycles. The SMILES string of the molecule is Cc1[c-]ncc2c[c-]c(C(C)C)[c-]c12.[Rb+].[Re].[Rf]. The molecule has 0 N–H and O–H groups in total. The van der Waals surface area contributed by atoms with Gasteiger partial charge in [-0.05, 0) is 0 Å². The van der Waals surface area contributed by atoms with Crippen LogP contribution in [0.15, 0.2) is 12.3 Å². The van der Waals surface area contributed by atoms with Crippen LogP contribution in [-0.2, 0) is 20.4 Å². The summed E-state index contributed by atoms with van der Waals surface area (Å²) in [6, 6.07) is 8.58. The summed E-state index contributed by atoms with van der Waals surface area (Å²) in [6.45, 7) is 6.30. The smallest absolute Gasteiger partial charge is 0.418 e. The van der Waals surface area contributed by atoms with E-state index in [2.05, 4.69) is 37.2 Å². The Bertz CT molecular complexity index is 474. The zero-order valence-corrected chi connectivity index (χ0v) is 24.8. The van der Waals surface area contributed by atoms with E-state index in [1.807, 2.05) is 13.0 Å². The first-order valence-corrected chi connectivity index (χ1v) is 4.79. The molecule has 0 aliphatic carbocycles. The first-order chi connectivity index (χ1) is 6.68. The van der Waals surface area contributed by atoms with Crippen molar-refractivity contribution in [3.63, 3.8) is 0 Å². The van der Waals surface area contributed by atoms with Gasteiger partial charge in [-0.15, -0.1) is 0 Å². The maximum Gasteiger partial charge on any atom is 1.00 e. The largest absolute Gasteiger partial charge is 1.00 e. The Morgan fingerprint density at radius 2 is 1.94 bits per heavy atom. The minimum atomic E-state index is 0. The summed E-state index contributed by atoms with van der Waals surface area (Å²) in [4.78, 5) is 4.02. The number of nitrogens with zero attached hydrogens (tertiary/aromatic N) is 1. The van der Waals surface area contributed by atoms with E-state index >= 15 is 0 Å². The zero-order valence-electron chi connectivity index (χ0n) is 10.8. The summed E-state index contributed by atoms with van der Waals surface area (Å²) in [5, 5.41) is 2.20. The van der Waals surface area contributed by atoms with E-state index in [-0.39, 0.29) is 78.6 Å². The van der Waals surface area contributed by atoms with Gasteiger partial charge < -0.3 is 39.5 Å². The number of aryl methyl sites for hydroxylation is 1. The van der Waals surface area contributed by atoms with Gasteiger partial charge in [-0.2, -0.15) is 11.8 Å². The van der Waals surface area contributed by atoms with Gasteiger partial charge in [-0.25, -0.2) is 0 Å². The van der Waals surface area contributed by atoms with Crippen molar-refractivity contribution in [1.29, 1.82) is 0 Å². The third-order valence-corrected chi connectivity index (χ3v) is 2.32. The molecule has 81 valence electrons. The molecular weight excluding hydrogens is 709 g/mol. The molecule has 0 unspecified atom stereocenters. The van der Waals surface area contributed by atoms with Crippen molar-refractivity contribution < 1.29 is 78.6 Å². The molecule has 0 aliphatic rings. The van der Waals surface area contributed by atoms with Crippen LogP contribution in [0.25, 0.3) is 10.8 Å². The van der Waals surface area contributed by atoms with Crippen molar-refractivity contribution in [1.82, 2.24) is 4.98 Å². The molecular formula is C13H12NRbReRf-2. The van der Waals surface area contributed by atoms with Crippen LogP contribution in [0.2, 0.25) is 0 Å². The quantitative estimate of drug-likeness (QED) is 0.381. The molecule has 0 spiro atoms. The van der Waals surface area contributed by atoms with Crippen LogP contribution in [0.4, 0.5) is 0 Å². The third-order valence-electron chi connectivity index (χ3n) is 2.32. The Labute approximate surface area is 160 Å². The van der Waals surface area contributed by atoms with Crippen LogP contribution in [0.3, 0.4) is 0 Å². The molecule has 0 atom stereocenters. The molecule has 0 saturated heterocycles. The van der Waals surface area contributed by atoms with Gasteiger partial charge in [0, 0.05) is 20.4 Å². The van der Waals surface area contributed by atoms with Gasteiger partial charge in [-0.3, -0.25) is 0 Å². The van der Waals surface area contributed by atoms with E-state index in [0.717, 1.165) is 21.9 Å². The van der Waals surface area contributed by atoms with Crippen molar-refractivity contribution in [3.05, 3.63) is 41.7 Å². The van der Waals surface area contributed by atoms with Crippen LogP contribution in [-0.4, -0.2) is 4.98 Å². The van der Waals surface area contributed by atoms with Crippen LogP contribution in [0, 0.1) is 25.3 Å². The molecule has 0 saturated carbocycles. The van der Waals surface area contributed by atoms with E-state index in [9.17, 15) is 0 Å². The van der Waals surface area contributed by atoms with Gasteiger partial charge >= 0.3 is 58.2 Å². The Hall–Kier alpha value is 0.0975. The van der Waals surface area contributed by atoms with Crippen LogP contribution < -0.4 is 58.2 Å². The van der Waals surface area contributed by atoms with E-state index in [4.69, 9.17) is 0 Å². The molecule has 1 aromatic heterocycles. The van der Waals surface area contributed by atoms with E-state index in [1.54, 1.807) is 6.20 Å². The predicted molar refractivity (Wildman–Crippen MR) is 57.1 cm³/mol. The van der Waals surface area contributed by atoms with Gasteiger partial charge in [0.25, 0.3) is 0 Å². The van der Waals surface area contributed by atoms with Gasteiger partial charge in [0.2, 0.25) is 0 Å². The average molecular weight is 721 g/mol. The van der Waals surface area contributed by atoms with Crippen LogP contribution in [0.5, 0.6) is 0 Å². The number of aromatic nitrogens is 1. The third kappa shape index (κ3) is 4.36. The molecule has 2 aromatic rings. The van der Waals surface area contributed by atoms with Crippen molar-refractivity contribution in [2.24, 2.45) is 0 Å². The normalized spacial score (nSPS) is 9.18. The van der Waals surface area contributed by atoms with Crippen molar-refractivity contribution in [2.45, 2.75) is 26.7 Å². The minimum absolute atomic E-state index is 0. The van der Waals surface area contributed by atoms with Gasteiger partial charge in [0.05, 0.1) is 0 Å². The Balaban J connectivity index is 0. The summed E-state index contributed by atoms with van der Waals surface area (Å²) in [7, 11) is 0. The zero-order chi connectivity index (χ0) is 10.1. The summed E-state index contributed by atoms with van der Waals surface area (Å²) in [6.07, 6.45) is 4.75. The van der Waals surface area contributed by atoms with E-state index in [1.165, 1.54) is 0 Å². The Morgan fingerprint density at radius 3 is 2.53 bits per heavy atom. The summed E-state index contributed by atoms with van der Waals surface area (Å²) in [5.41, 5.74) is 2.18. The Morgan fingerprint density at radius 1 is 1.29 bits per heavy atom. The second-order valence-corrected chi connectivity index (χ2v) is 3.81. The second kappa shape index (κ2) is 8.24. The standard InChI is InChI=1S/C13H12N.Rb.Re.Rf/c1-9(2)11-4-5-12-8-14-7-10(3)13(12)6-11;;;/h5,8-9H,1-3H3;;;/q-3;+1;;. The number of fused-ring (bicyclic) bond motifs is 1. The van der Waals surface area contributed by atoms with Crippen molar-refractivity contribution >= 4 is 10.8 Å². The molecule has 0 fully saturated rings. The average Bonchev–Trinajstić information content (AvgIpc) is 2.18.